The largest absolute Gasteiger partial charge is 0.496 e. The van der Waals surface area contributed by atoms with Gasteiger partial charge in [0.15, 0.2) is 5.76 Å². The number of rotatable bonds is 4. The van der Waals surface area contributed by atoms with Gasteiger partial charge in [0, 0.05) is 15.6 Å². The summed E-state index contributed by atoms with van der Waals surface area (Å²) in [5.41, 5.74) is 2.90. The minimum Gasteiger partial charge on any atom is -0.496 e. The quantitative estimate of drug-likeness (QED) is 0.755. The van der Waals surface area contributed by atoms with Crippen LogP contribution in [0.15, 0.2) is 57.5 Å². The van der Waals surface area contributed by atoms with Crippen LogP contribution >= 0.6 is 15.9 Å². The minimum atomic E-state index is -0.164. The molecule has 0 saturated heterocycles. The highest BCUT2D eigenvalue weighted by Gasteiger charge is 2.20. The summed E-state index contributed by atoms with van der Waals surface area (Å²) in [4.78, 5) is 0. The molecule has 1 N–H and O–H groups in total. The van der Waals surface area contributed by atoms with Crippen molar-refractivity contribution in [3.63, 3.8) is 0 Å². The molecule has 0 saturated carbocycles. The van der Waals surface area contributed by atoms with E-state index < -0.39 is 0 Å². The third-order valence-corrected chi connectivity index (χ3v) is 3.94. The first-order valence-corrected chi connectivity index (χ1v) is 7.52. The van der Waals surface area contributed by atoms with Crippen LogP contribution in [0.2, 0.25) is 0 Å². The number of benzene rings is 2. The molecule has 2 aromatic carbocycles. The zero-order chi connectivity index (χ0) is 15.5. The Morgan fingerprint density at radius 1 is 1.14 bits per heavy atom. The Kier molecular flexibility index (Phi) is 4.27. The van der Waals surface area contributed by atoms with E-state index in [9.17, 15) is 5.11 Å². The van der Waals surface area contributed by atoms with E-state index in [1.807, 2.05) is 48.5 Å². The van der Waals surface area contributed by atoms with E-state index in [0.29, 0.717) is 22.8 Å². The number of para-hydroxylation sites is 1. The average molecular weight is 360 g/mol. The first kappa shape index (κ1) is 14.8. The summed E-state index contributed by atoms with van der Waals surface area (Å²) in [5.74, 6) is 1.25. The molecule has 5 heteroatoms. The molecule has 0 spiro atoms. The van der Waals surface area contributed by atoms with Gasteiger partial charge in [-0.1, -0.05) is 45.4 Å². The summed E-state index contributed by atoms with van der Waals surface area (Å²) >= 11 is 3.40. The first-order chi connectivity index (χ1) is 10.7. The van der Waals surface area contributed by atoms with Crippen molar-refractivity contribution in [3.8, 4) is 28.3 Å². The molecule has 0 bridgehead atoms. The van der Waals surface area contributed by atoms with Gasteiger partial charge in [0.2, 0.25) is 0 Å². The summed E-state index contributed by atoms with van der Waals surface area (Å²) in [7, 11) is 1.60. The fourth-order valence-corrected chi connectivity index (χ4v) is 2.60. The Morgan fingerprint density at radius 3 is 2.55 bits per heavy atom. The van der Waals surface area contributed by atoms with Gasteiger partial charge in [-0.3, -0.25) is 0 Å². The van der Waals surface area contributed by atoms with Crippen LogP contribution in [-0.2, 0) is 6.61 Å². The number of nitrogens with zero attached hydrogens (tertiary/aromatic N) is 1. The second-order valence-electron chi connectivity index (χ2n) is 4.70. The predicted octanol–water partition coefficient (Wildman–Crippen LogP) is 4.27. The molecule has 0 aliphatic rings. The normalized spacial score (nSPS) is 10.7. The van der Waals surface area contributed by atoms with E-state index in [-0.39, 0.29) is 6.61 Å². The Bertz CT molecular complexity index is 781. The molecular weight excluding hydrogens is 346 g/mol. The monoisotopic (exact) mass is 359 g/mol. The number of methoxy groups -OCH3 is 1. The standard InChI is InChI=1S/C17H14BrNO3/c1-21-15-5-3-2-4-13(15)16-14(10-20)17(22-19-16)11-6-8-12(18)9-7-11/h2-9,20H,10H2,1H3. The predicted molar refractivity (Wildman–Crippen MR) is 87.5 cm³/mol. The number of aliphatic hydroxyl groups is 1. The van der Waals surface area contributed by atoms with Gasteiger partial charge >= 0.3 is 0 Å². The maximum Gasteiger partial charge on any atom is 0.173 e. The van der Waals surface area contributed by atoms with Crippen molar-refractivity contribution in [2.24, 2.45) is 0 Å². The van der Waals surface area contributed by atoms with Crippen LogP contribution in [0.5, 0.6) is 5.75 Å². The molecular formula is C17H14BrNO3. The minimum absolute atomic E-state index is 0.164. The van der Waals surface area contributed by atoms with Gasteiger partial charge in [-0.15, -0.1) is 0 Å². The molecule has 0 aliphatic heterocycles. The van der Waals surface area contributed by atoms with Crippen LogP contribution in [-0.4, -0.2) is 17.4 Å². The van der Waals surface area contributed by atoms with E-state index in [0.717, 1.165) is 15.6 Å². The van der Waals surface area contributed by atoms with Crippen molar-refractivity contribution in [1.29, 1.82) is 0 Å². The number of halogens is 1. The first-order valence-electron chi connectivity index (χ1n) is 6.73. The SMILES string of the molecule is COc1ccccc1-c1noc(-c2ccc(Br)cc2)c1CO. The van der Waals surface area contributed by atoms with Crippen molar-refractivity contribution >= 4 is 15.9 Å². The summed E-state index contributed by atoms with van der Waals surface area (Å²) in [6.45, 7) is -0.164. The van der Waals surface area contributed by atoms with Crippen molar-refractivity contribution in [2.75, 3.05) is 7.11 Å². The molecule has 112 valence electrons. The highest BCUT2D eigenvalue weighted by atomic mass is 79.9. The Morgan fingerprint density at radius 2 is 1.86 bits per heavy atom. The lowest BCUT2D eigenvalue weighted by molar-refractivity contribution is 0.281. The lowest BCUT2D eigenvalue weighted by Gasteiger charge is -2.06. The van der Waals surface area contributed by atoms with Gasteiger partial charge in [-0.05, 0) is 24.3 Å². The third-order valence-electron chi connectivity index (χ3n) is 3.41. The van der Waals surface area contributed by atoms with Crippen LogP contribution in [0, 0.1) is 0 Å². The van der Waals surface area contributed by atoms with E-state index in [1.54, 1.807) is 7.11 Å². The number of hydrogen-bond donors (Lipinski definition) is 1. The maximum absolute atomic E-state index is 9.78. The summed E-state index contributed by atoms with van der Waals surface area (Å²) in [6, 6.07) is 15.2. The van der Waals surface area contributed by atoms with Gasteiger partial charge in [0.05, 0.1) is 19.3 Å². The van der Waals surface area contributed by atoms with E-state index in [4.69, 9.17) is 9.26 Å². The molecule has 22 heavy (non-hydrogen) atoms. The van der Waals surface area contributed by atoms with Crippen molar-refractivity contribution < 1.29 is 14.4 Å². The molecule has 0 aliphatic carbocycles. The Balaban J connectivity index is 2.13. The molecule has 0 amide bonds. The van der Waals surface area contributed by atoms with Crippen LogP contribution in [0.4, 0.5) is 0 Å². The van der Waals surface area contributed by atoms with Crippen LogP contribution < -0.4 is 4.74 Å². The summed E-state index contributed by atoms with van der Waals surface area (Å²) in [6.07, 6.45) is 0. The van der Waals surface area contributed by atoms with Gasteiger partial charge in [0.25, 0.3) is 0 Å². The molecule has 0 unspecified atom stereocenters. The van der Waals surface area contributed by atoms with Crippen molar-refractivity contribution in [1.82, 2.24) is 5.16 Å². The lowest BCUT2D eigenvalue weighted by Crippen LogP contribution is -1.92. The fourth-order valence-electron chi connectivity index (χ4n) is 2.34. The molecule has 4 nitrogen and oxygen atoms in total. The third kappa shape index (κ3) is 2.65. The zero-order valence-corrected chi connectivity index (χ0v) is 13.5. The second-order valence-corrected chi connectivity index (χ2v) is 5.62. The molecule has 0 fully saturated rings. The van der Waals surface area contributed by atoms with E-state index >= 15 is 0 Å². The van der Waals surface area contributed by atoms with Gasteiger partial charge in [-0.25, -0.2) is 0 Å². The number of aromatic nitrogens is 1. The average Bonchev–Trinajstić information content (AvgIpc) is 2.99. The van der Waals surface area contributed by atoms with Crippen LogP contribution in [0.25, 0.3) is 22.6 Å². The van der Waals surface area contributed by atoms with Crippen LogP contribution in [0.1, 0.15) is 5.56 Å². The molecule has 0 atom stereocenters. The highest BCUT2D eigenvalue weighted by Crippen LogP contribution is 2.36. The zero-order valence-electron chi connectivity index (χ0n) is 11.9. The van der Waals surface area contributed by atoms with E-state index in [1.165, 1.54) is 0 Å². The number of hydrogen-bond acceptors (Lipinski definition) is 4. The molecule has 1 aromatic heterocycles. The maximum atomic E-state index is 9.78. The Hall–Kier alpha value is -2.11. The topological polar surface area (TPSA) is 55.5 Å². The summed E-state index contributed by atoms with van der Waals surface area (Å²) < 4.78 is 11.8. The molecule has 3 aromatic rings. The highest BCUT2D eigenvalue weighted by molar-refractivity contribution is 9.10. The lowest BCUT2D eigenvalue weighted by atomic mass is 10.0. The van der Waals surface area contributed by atoms with Gasteiger partial charge in [-0.2, -0.15) is 0 Å². The molecule has 1 heterocycles. The fraction of sp³-hybridized carbons (Fsp3) is 0.118. The summed E-state index contributed by atoms with van der Waals surface area (Å²) in [5, 5.41) is 13.9. The molecule has 3 rings (SSSR count). The molecule has 0 radical (unpaired) electrons. The Labute approximate surface area is 136 Å². The number of ether oxygens (including phenoxy) is 1. The van der Waals surface area contributed by atoms with Gasteiger partial charge < -0.3 is 14.4 Å². The van der Waals surface area contributed by atoms with Crippen molar-refractivity contribution in [2.45, 2.75) is 6.61 Å². The second kappa shape index (κ2) is 6.34. The van der Waals surface area contributed by atoms with E-state index in [2.05, 4.69) is 21.1 Å². The van der Waals surface area contributed by atoms with Crippen molar-refractivity contribution in [3.05, 3.63) is 58.6 Å². The van der Waals surface area contributed by atoms with Crippen LogP contribution in [0.3, 0.4) is 0 Å². The number of aliphatic hydroxyl groups excluding tert-OH is 1. The smallest absolute Gasteiger partial charge is 0.173 e. The van der Waals surface area contributed by atoms with Gasteiger partial charge in [0.1, 0.15) is 11.4 Å².